The minimum atomic E-state index is -1.87. The molecule has 4 nitrogen and oxygen atoms in total. The van der Waals surface area contributed by atoms with Gasteiger partial charge in [-0.1, -0.05) is 39.3 Å². The number of azo groups is 1. The van der Waals surface area contributed by atoms with Crippen LogP contribution in [0.5, 0.6) is 0 Å². The van der Waals surface area contributed by atoms with Gasteiger partial charge in [0.15, 0.2) is 0 Å². The molecule has 4 aliphatic rings. The molecule has 4 rings (SSSR count). The zero-order chi connectivity index (χ0) is 20.9. The number of rotatable bonds is 4. The van der Waals surface area contributed by atoms with E-state index >= 15 is 0 Å². The largest absolute Gasteiger partial charge is 0.567 e. The van der Waals surface area contributed by atoms with Crippen LogP contribution in [0.2, 0.25) is 39.3 Å². The summed E-state index contributed by atoms with van der Waals surface area (Å²) in [6, 6.07) is -0.780. The van der Waals surface area contributed by atoms with E-state index in [1.165, 1.54) is 0 Å². The number of fused-ring (bicyclic) bond motifs is 4. The summed E-state index contributed by atoms with van der Waals surface area (Å²) in [5, 5.41) is 27.4. The normalized spacial score (nSPS) is 49.0. The summed E-state index contributed by atoms with van der Waals surface area (Å²) in [5.41, 5.74) is 0. The van der Waals surface area contributed by atoms with Crippen molar-refractivity contribution in [1.82, 2.24) is 0 Å². The van der Waals surface area contributed by atoms with Crippen molar-refractivity contribution in [3.63, 3.8) is 0 Å². The molecule has 4 saturated carbocycles. The van der Waals surface area contributed by atoms with Gasteiger partial charge in [0.2, 0.25) is 12.1 Å². The van der Waals surface area contributed by atoms with Crippen LogP contribution >= 0.6 is 23.2 Å². The quantitative estimate of drug-likeness (QED) is 0.175. The minimum absolute atomic E-state index is 0.248. The van der Waals surface area contributed by atoms with Gasteiger partial charge in [0.05, 0.1) is 16.1 Å². The Kier molecular flexibility index (Phi) is 4.87. The molecule has 8 heteroatoms. The minimum Gasteiger partial charge on any atom is -0.567 e. The van der Waals surface area contributed by atoms with E-state index in [9.17, 15) is 10.4 Å². The Morgan fingerprint density at radius 1 is 0.679 bits per heavy atom. The maximum atomic E-state index is 13.7. The lowest BCUT2D eigenvalue weighted by atomic mass is 9.93. The molecule has 0 aromatic carbocycles. The second-order valence-electron chi connectivity index (χ2n) is 12.1. The van der Waals surface area contributed by atoms with Crippen molar-refractivity contribution in [3.05, 3.63) is 10.4 Å². The van der Waals surface area contributed by atoms with Gasteiger partial charge in [0.1, 0.15) is 8.99 Å². The van der Waals surface area contributed by atoms with Gasteiger partial charge in [-0.15, -0.1) is 23.2 Å². The van der Waals surface area contributed by atoms with E-state index in [1.807, 2.05) is 0 Å². The van der Waals surface area contributed by atoms with Crippen LogP contribution in [0.25, 0.3) is 0 Å². The Balaban J connectivity index is 1.78. The maximum absolute atomic E-state index is 13.7. The number of hydrogen-bond acceptors (Lipinski definition) is 2. The van der Waals surface area contributed by atoms with Crippen molar-refractivity contribution in [3.8, 4) is 0 Å². The number of nitrogens with zero attached hydrogens (tertiary/aromatic N) is 2. The van der Waals surface area contributed by atoms with Gasteiger partial charge in [-0.3, -0.25) is 0 Å². The lowest BCUT2D eigenvalue weighted by Gasteiger charge is -2.45. The predicted molar refractivity (Wildman–Crippen MR) is 120 cm³/mol. The van der Waals surface area contributed by atoms with Crippen LogP contribution < -0.4 is 0 Å². The highest BCUT2D eigenvalue weighted by atomic mass is 35.5. The summed E-state index contributed by atoms with van der Waals surface area (Å²) < 4.78 is -1.04. The Morgan fingerprint density at radius 2 is 1.00 bits per heavy atom. The monoisotopic (exact) mass is 462 g/mol. The summed E-state index contributed by atoms with van der Waals surface area (Å²) in [5.74, 6) is 1.24. The predicted octanol–water partition coefficient (Wildman–Crippen LogP) is 5.77. The molecule has 28 heavy (non-hydrogen) atoms. The first-order valence-corrected chi connectivity index (χ1v) is 18.8. The number of halogens is 2. The maximum Gasteiger partial charge on any atom is 0.248 e. The van der Waals surface area contributed by atoms with E-state index in [2.05, 4.69) is 39.3 Å². The Hall–Kier alpha value is 0.214. The molecule has 0 aromatic rings. The van der Waals surface area contributed by atoms with Gasteiger partial charge >= 0.3 is 0 Å². The summed E-state index contributed by atoms with van der Waals surface area (Å²) in [4.78, 5) is 1.61. The summed E-state index contributed by atoms with van der Waals surface area (Å²) in [6.45, 7) is 13.5. The van der Waals surface area contributed by atoms with Gasteiger partial charge in [-0.25, -0.2) is 0 Å². The molecule has 8 unspecified atom stereocenters. The van der Waals surface area contributed by atoms with Crippen molar-refractivity contribution < 1.29 is 9.72 Å². The van der Waals surface area contributed by atoms with Crippen LogP contribution in [-0.2, 0) is 0 Å². The zero-order valence-corrected chi connectivity index (χ0v) is 21.7. The highest BCUT2D eigenvalue weighted by Crippen LogP contribution is 2.61. The van der Waals surface area contributed by atoms with Crippen molar-refractivity contribution >= 4 is 39.3 Å². The van der Waals surface area contributed by atoms with E-state index in [4.69, 9.17) is 23.2 Å². The van der Waals surface area contributed by atoms with E-state index in [-0.39, 0.29) is 11.8 Å². The molecule has 4 fully saturated rings. The van der Waals surface area contributed by atoms with Crippen LogP contribution in [0.3, 0.4) is 0 Å². The van der Waals surface area contributed by atoms with Gasteiger partial charge in [-0.2, -0.15) is 0 Å². The summed E-state index contributed by atoms with van der Waals surface area (Å²) >= 11 is 14.7. The fourth-order valence-corrected chi connectivity index (χ4v) is 13.9. The molecule has 0 amide bonds. The molecule has 0 spiro atoms. The summed E-state index contributed by atoms with van der Waals surface area (Å²) in [6.07, 6.45) is 6.26. The summed E-state index contributed by atoms with van der Waals surface area (Å²) in [7, 11) is -3.74. The van der Waals surface area contributed by atoms with Crippen molar-refractivity contribution in [1.29, 1.82) is 0 Å². The molecule has 0 radical (unpaired) electrons. The molecule has 0 aromatic heterocycles. The molecule has 0 saturated heterocycles. The highest BCUT2D eigenvalue weighted by molar-refractivity contribution is 6.87. The standard InChI is InChI=1S/C20H36Cl2N2O2Si2/c1-27(2,3)19(21)15-9-7-13(11-15)17(19)23(25)24(26)18-14-8-10-16(12-14)20(18,22)28(4,5)6/h13-18H,7-12H2,1-6H3/b24-23+. The van der Waals surface area contributed by atoms with E-state index in [0.29, 0.717) is 11.8 Å². The van der Waals surface area contributed by atoms with Crippen LogP contribution in [0.1, 0.15) is 38.5 Å². The van der Waals surface area contributed by atoms with Crippen LogP contribution in [-0.4, -0.2) is 46.9 Å². The molecule has 160 valence electrons. The third-order valence-corrected chi connectivity index (χ3v) is 19.3. The first kappa shape index (κ1) is 21.4. The molecule has 4 aliphatic carbocycles. The Bertz CT molecular complexity index is 649. The average molecular weight is 464 g/mol. The highest BCUT2D eigenvalue weighted by Gasteiger charge is 2.72. The van der Waals surface area contributed by atoms with E-state index in [1.54, 1.807) is 0 Å². The van der Waals surface area contributed by atoms with Crippen LogP contribution in [0.15, 0.2) is 0 Å². The molecule has 8 atom stereocenters. The first-order chi connectivity index (χ1) is 12.7. The third kappa shape index (κ3) is 2.59. The van der Waals surface area contributed by atoms with Crippen molar-refractivity contribution in [2.45, 2.75) is 98.9 Å². The van der Waals surface area contributed by atoms with E-state index < -0.39 is 37.2 Å². The lowest BCUT2D eigenvalue weighted by Crippen LogP contribution is -2.65. The second kappa shape index (κ2) is 6.36. The van der Waals surface area contributed by atoms with Gasteiger partial charge < -0.3 is 10.4 Å². The SMILES string of the molecule is C[Si](C)(C)C1(Cl)C2CCC(C2)C1/[N+]([O-])=[N+](\[O-])C1C2CCC(C2)C1(Cl)[Si](C)(C)C. The Morgan fingerprint density at radius 3 is 1.29 bits per heavy atom. The number of hydroxylamine groups is 2. The number of hydrogen-bond donors (Lipinski definition) is 0. The fourth-order valence-electron chi connectivity index (χ4n) is 7.58. The van der Waals surface area contributed by atoms with Gasteiger partial charge in [-0.05, 0) is 50.4 Å². The molecular formula is C20H36Cl2N2O2Si2. The molecule has 0 N–H and O–H groups in total. The number of alkyl halides is 2. The third-order valence-electron chi connectivity index (χ3n) is 8.86. The molecule has 4 bridgehead atoms. The van der Waals surface area contributed by atoms with Gasteiger partial charge in [0, 0.05) is 21.6 Å². The van der Waals surface area contributed by atoms with E-state index in [0.717, 1.165) is 48.2 Å². The molecule has 0 heterocycles. The van der Waals surface area contributed by atoms with Crippen molar-refractivity contribution in [2.75, 3.05) is 0 Å². The average Bonchev–Trinajstić information content (AvgIpc) is 3.31. The smallest absolute Gasteiger partial charge is 0.248 e. The van der Waals surface area contributed by atoms with Crippen LogP contribution in [0.4, 0.5) is 0 Å². The van der Waals surface area contributed by atoms with Crippen molar-refractivity contribution in [2.24, 2.45) is 23.7 Å². The Labute approximate surface area is 181 Å². The topological polar surface area (TPSA) is 52.1 Å². The first-order valence-electron chi connectivity index (χ1n) is 11.0. The lowest BCUT2D eigenvalue weighted by molar-refractivity contribution is -1.00. The van der Waals surface area contributed by atoms with Gasteiger partial charge in [0.25, 0.3) is 0 Å². The fraction of sp³-hybridized carbons (Fsp3) is 1.00. The van der Waals surface area contributed by atoms with Crippen LogP contribution in [0, 0.1) is 34.1 Å². The zero-order valence-electron chi connectivity index (χ0n) is 18.2. The molecule has 0 aliphatic heterocycles. The molecular weight excluding hydrogens is 427 g/mol. The second-order valence-corrected chi connectivity index (χ2v) is 24.6.